The monoisotopic (exact) mass is 293 g/mol. The third-order valence-corrected chi connectivity index (χ3v) is 2.55. The Labute approximate surface area is 117 Å². The largest absolute Gasteiger partial charge is 0.478 e. The van der Waals surface area contributed by atoms with Crippen molar-refractivity contribution in [1.82, 2.24) is 4.98 Å². The molecule has 1 aromatic heterocycles. The van der Waals surface area contributed by atoms with Crippen LogP contribution in [-0.4, -0.2) is 22.0 Å². The molecule has 0 radical (unpaired) electrons. The molecule has 108 valence electrons. The maximum Gasteiger partial charge on any atom is 0.338 e. The van der Waals surface area contributed by atoms with E-state index in [1.165, 1.54) is 18.3 Å². The summed E-state index contributed by atoms with van der Waals surface area (Å²) < 4.78 is 26.8. The van der Waals surface area contributed by atoms with Crippen LogP contribution in [0.15, 0.2) is 30.5 Å². The highest BCUT2D eigenvalue weighted by atomic mass is 19.1. The minimum Gasteiger partial charge on any atom is -0.478 e. The lowest BCUT2D eigenvalue weighted by Gasteiger charge is -2.08. The second kappa shape index (κ2) is 5.53. The summed E-state index contributed by atoms with van der Waals surface area (Å²) in [4.78, 5) is 26.3. The molecule has 0 aliphatic heterocycles. The molecular weight excluding hydrogens is 284 g/mol. The normalized spacial score (nSPS) is 10.2. The molecule has 0 saturated carbocycles. The van der Waals surface area contributed by atoms with Crippen molar-refractivity contribution in [1.29, 1.82) is 0 Å². The van der Waals surface area contributed by atoms with Gasteiger partial charge >= 0.3 is 5.97 Å². The smallest absolute Gasteiger partial charge is 0.338 e. The molecule has 0 saturated heterocycles. The predicted molar refractivity (Wildman–Crippen MR) is 69.9 cm³/mol. The first kappa shape index (κ1) is 14.4. The summed E-state index contributed by atoms with van der Waals surface area (Å²) in [5.74, 6) is -4.68. The van der Waals surface area contributed by atoms with Crippen molar-refractivity contribution in [3.8, 4) is 0 Å². The molecule has 4 N–H and O–H groups in total. The number of benzene rings is 1. The molecule has 21 heavy (non-hydrogen) atoms. The van der Waals surface area contributed by atoms with E-state index in [9.17, 15) is 18.4 Å². The minimum atomic E-state index is -1.58. The van der Waals surface area contributed by atoms with Crippen LogP contribution in [0.25, 0.3) is 0 Å². The SMILES string of the molecule is Nc1ccc(C(=O)Nc2cc(C(=O)O)c(F)cc2F)nc1. The van der Waals surface area contributed by atoms with E-state index in [2.05, 4.69) is 10.3 Å². The fraction of sp³-hybridized carbons (Fsp3) is 0. The molecule has 1 aromatic carbocycles. The van der Waals surface area contributed by atoms with Gasteiger partial charge < -0.3 is 16.2 Å². The number of carbonyl (C=O) groups is 2. The maximum atomic E-state index is 13.5. The van der Waals surface area contributed by atoms with Crippen molar-refractivity contribution >= 4 is 23.3 Å². The van der Waals surface area contributed by atoms with E-state index >= 15 is 0 Å². The summed E-state index contributed by atoms with van der Waals surface area (Å²) in [6, 6.07) is 3.81. The van der Waals surface area contributed by atoms with E-state index in [-0.39, 0.29) is 5.69 Å². The summed E-state index contributed by atoms with van der Waals surface area (Å²) >= 11 is 0. The first-order valence-corrected chi connectivity index (χ1v) is 5.63. The number of pyridine rings is 1. The van der Waals surface area contributed by atoms with Gasteiger partial charge in [-0.1, -0.05) is 0 Å². The number of anilines is 2. The van der Waals surface area contributed by atoms with Crippen molar-refractivity contribution < 1.29 is 23.5 Å². The number of nitrogens with one attached hydrogen (secondary N) is 1. The van der Waals surface area contributed by atoms with E-state index in [0.29, 0.717) is 17.8 Å². The Balaban J connectivity index is 2.30. The number of rotatable bonds is 3. The van der Waals surface area contributed by atoms with Crippen LogP contribution in [0, 0.1) is 11.6 Å². The van der Waals surface area contributed by atoms with E-state index < -0.39 is 34.8 Å². The zero-order chi connectivity index (χ0) is 15.6. The summed E-state index contributed by atoms with van der Waals surface area (Å²) in [5, 5.41) is 10.9. The van der Waals surface area contributed by atoms with Crippen molar-refractivity contribution in [2.45, 2.75) is 0 Å². The molecule has 2 aromatic rings. The van der Waals surface area contributed by atoms with Crippen LogP contribution >= 0.6 is 0 Å². The van der Waals surface area contributed by atoms with E-state index in [4.69, 9.17) is 10.8 Å². The first-order valence-electron chi connectivity index (χ1n) is 5.63. The third kappa shape index (κ3) is 3.11. The zero-order valence-electron chi connectivity index (χ0n) is 10.4. The molecule has 0 fully saturated rings. The Hall–Kier alpha value is -3.03. The summed E-state index contributed by atoms with van der Waals surface area (Å²) in [5.41, 5.74) is 4.49. The summed E-state index contributed by atoms with van der Waals surface area (Å²) in [6.07, 6.45) is 1.23. The Morgan fingerprint density at radius 2 is 1.90 bits per heavy atom. The Kier molecular flexibility index (Phi) is 3.79. The standard InChI is InChI=1S/C13H9F2N3O3/c14-8-4-9(15)11(3-7(8)13(20)21)18-12(19)10-2-1-6(16)5-17-10/h1-5H,16H2,(H,18,19)(H,20,21). The molecule has 0 unspecified atom stereocenters. The number of halogens is 2. The van der Waals surface area contributed by atoms with Gasteiger partial charge in [-0.3, -0.25) is 4.79 Å². The number of nitrogens with zero attached hydrogens (tertiary/aromatic N) is 1. The quantitative estimate of drug-likeness (QED) is 0.801. The molecule has 0 spiro atoms. The Morgan fingerprint density at radius 1 is 1.19 bits per heavy atom. The molecular formula is C13H9F2N3O3. The van der Waals surface area contributed by atoms with Crippen LogP contribution < -0.4 is 11.1 Å². The first-order chi connectivity index (χ1) is 9.88. The van der Waals surface area contributed by atoms with E-state index in [1.807, 2.05) is 0 Å². The number of carboxylic acids is 1. The maximum absolute atomic E-state index is 13.5. The second-order valence-electron chi connectivity index (χ2n) is 4.05. The molecule has 0 aliphatic carbocycles. The molecule has 0 bridgehead atoms. The summed E-state index contributed by atoms with van der Waals surface area (Å²) in [7, 11) is 0. The van der Waals surface area contributed by atoms with E-state index in [1.54, 1.807) is 0 Å². The van der Waals surface area contributed by atoms with Crippen LogP contribution in [0.5, 0.6) is 0 Å². The lowest BCUT2D eigenvalue weighted by atomic mass is 10.1. The minimum absolute atomic E-state index is 0.0511. The Bertz CT molecular complexity index is 717. The van der Waals surface area contributed by atoms with Gasteiger partial charge in [-0.15, -0.1) is 0 Å². The number of nitrogen functional groups attached to an aromatic ring is 1. The van der Waals surface area contributed by atoms with Gasteiger partial charge in [0.2, 0.25) is 0 Å². The van der Waals surface area contributed by atoms with Crippen molar-refractivity contribution in [2.75, 3.05) is 11.1 Å². The topological polar surface area (TPSA) is 105 Å². The van der Waals surface area contributed by atoms with Crippen LogP contribution in [0.3, 0.4) is 0 Å². The van der Waals surface area contributed by atoms with Gasteiger partial charge in [0.25, 0.3) is 5.91 Å². The number of amides is 1. The lowest BCUT2D eigenvalue weighted by Crippen LogP contribution is -2.15. The zero-order valence-corrected chi connectivity index (χ0v) is 10.4. The molecule has 1 amide bonds. The van der Waals surface area contributed by atoms with Crippen molar-refractivity contribution in [2.24, 2.45) is 0 Å². The van der Waals surface area contributed by atoms with Crippen LogP contribution in [0.4, 0.5) is 20.2 Å². The van der Waals surface area contributed by atoms with Gasteiger partial charge in [0.05, 0.1) is 23.1 Å². The van der Waals surface area contributed by atoms with Gasteiger partial charge in [0.15, 0.2) is 0 Å². The number of aromatic nitrogens is 1. The average molecular weight is 293 g/mol. The third-order valence-electron chi connectivity index (χ3n) is 2.55. The molecule has 0 atom stereocenters. The fourth-order valence-corrected chi connectivity index (χ4v) is 1.53. The second-order valence-corrected chi connectivity index (χ2v) is 4.05. The highest BCUT2D eigenvalue weighted by Gasteiger charge is 2.17. The van der Waals surface area contributed by atoms with E-state index in [0.717, 1.165) is 0 Å². The average Bonchev–Trinajstić information content (AvgIpc) is 2.42. The van der Waals surface area contributed by atoms with Crippen LogP contribution in [0.2, 0.25) is 0 Å². The number of hydrogen-bond donors (Lipinski definition) is 3. The number of carboxylic acid groups (broad SMARTS) is 1. The number of aromatic carboxylic acids is 1. The lowest BCUT2D eigenvalue weighted by molar-refractivity contribution is 0.0691. The predicted octanol–water partition coefficient (Wildman–Crippen LogP) is 1.89. The molecule has 6 nitrogen and oxygen atoms in total. The highest BCUT2D eigenvalue weighted by molar-refractivity contribution is 6.03. The highest BCUT2D eigenvalue weighted by Crippen LogP contribution is 2.20. The number of hydrogen-bond acceptors (Lipinski definition) is 4. The molecule has 2 rings (SSSR count). The summed E-state index contributed by atoms with van der Waals surface area (Å²) in [6.45, 7) is 0. The van der Waals surface area contributed by atoms with Gasteiger partial charge in [0.1, 0.15) is 17.3 Å². The number of nitrogens with two attached hydrogens (primary N) is 1. The van der Waals surface area contributed by atoms with Crippen LogP contribution in [-0.2, 0) is 0 Å². The van der Waals surface area contributed by atoms with Crippen molar-refractivity contribution in [3.63, 3.8) is 0 Å². The van der Waals surface area contributed by atoms with Gasteiger partial charge in [-0.2, -0.15) is 0 Å². The molecule has 1 heterocycles. The number of carbonyl (C=O) groups excluding carboxylic acids is 1. The van der Waals surface area contributed by atoms with Crippen molar-refractivity contribution in [3.05, 3.63) is 53.4 Å². The van der Waals surface area contributed by atoms with Gasteiger partial charge in [-0.25, -0.2) is 18.6 Å². The Morgan fingerprint density at radius 3 is 2.48 bits per heavy atom. The van der Waals surface area contributed by atoms with Gasteiger partial charge in [-0.05, 0) is 18.2 Å². The fourth-order valence-electron chi connectivity index (χ4n) is 1.53. The molecule has 0 aliphatic rings. The van der Waals surface area contributed by atoms with Gasteiger partial charge in [0, 0.05) is 6.07 Å². The van der Waals surface area contributed by atoms with Crippen LogP contribution in [0.1, 0.15) is 20.8 Å². The molecule has 8 heteroatoms.